The fourth-order valence-electron chi connectivity index (χ4n) is 3.07. The summed E-state index contributed by atoms with van der Waals surface area (Å²) in [7, 11) is 0. The van der Waals surface area contributed by atoms with Crippen LogP contribution in [0.25, 0.3) is 11.1 Å². The molecule has 6 heteroatoms. The van der Waals surface area contributed by atoms with Gasteiger partial charge in [-0.3, -0.25) is 4.79 Å². The number of aryl methyl sites for hydroxylation is 1. The molecule has 0 bridgehead atoms. The highest BCUT2D eigenvalue weighted by atomic mass is 35.5. The molecule has 0 aliphatic carbocycles. The minimum absolute atomic E-state index is 0.0294. The third-order valence-electron chi connectivity index (χ3n) is 4.34. The zero-order valence-electron chi connectivity index (χ0n) is 13.7. The maximum atomic E-state index is 12.9. The van der Waals surface area contributed by atoms with Crippen LogP contribution in [0.2, 0.25) is 5.02 Å². The number of amides is 1. The Hall–Kier alpha value is -2.37. The van der Waals surface area contributed by atoms with Crippen molar-refractivity contribution in [2.75, 3.05) is 19.7 Å². The number of morpholine rings is 1. The second-order valence-corrected chi connectivity index (χ2v) is 6.51. The van der Waals surface area contributed by atoms with Crippen molar-refractivity contribution in [3.63, 3.8) is 0 Å². The molecule has 0 spiro atoms. The van der Waals surface area contributed by atoms with Gasteiger partial charge in [0.1, 0.15) is 11.6 Å². The molecule has 3 aromatic rings. The lowest BCUT2D eigenvalue weighted by Crippen LogP contribution is -2.42. The number of oxazole rings is 1. The minimum atomic E-state index is -0.147. The van der Waals surface area contributed by atoms with Crippen LogP contribution in [0.15, 0.2) is 46.9 Å². The molecule has 1 unspecified atom stereocenters. The van der Waals surface area contributed by atoms with Gasteiger partial charge >= 0.3 is 0 Å². The molecule has 1 aromatic heterocycles. The summed E-state index contributed by atoms with van der Waals surface area (Å²) in [5, 5.41) is 0.683. The molecule has 0 N–H and O–H groups in total. The molecule has 5 nitrogen and oxygen atoms in total. The highest BCUT2D eigenvalue weighted by molar-refractivity contribution is 6.30. The molecule has 1 fully saturated rings. The maximum absolute atomic E-state index is 12.9. The van der Waals surface area contributed by atoms with Crippen molar-refractivity contribution < 1.29 is 13.9 Å². The summed E-state index contributed by atoms with van der Waals surface area (Å²) in [4.78, 5) is 18.9. The topological polar surface area (TPSA) is 55.6 Å². The molecule has 2 heterocycles. The van der Waals surface area contributed by atoms with Crippen LogP contribution in [0.3, 0.4) is 0 Å². The van der Waals surface area contributed by atoms with E-state index in [9.17, 15) is 4.79 Å². The van der Waals surface area contributed by atoms with Gasteiger partial charge in [0.25, 0.3) is 5.91 Å². The molecule has 2 aromatic carbocycles. The molecule has 1 saturated heterocycles. The van der Waals surface area contributed by atoms with Crippen molar-refractivity contribution >= 4 is 28.6 Å². The summed E-state index contributed by atoms with van der Waals surface area (Å²) >= 11 is 5.94. The molecule has 128 valence electrons. The Morgan fingerprint density at radius 2 is 2.04 bits per heavy atom. The van der Waals surface area contributed by atoms with E-state index in [1.54, 1.807) is 19.1 Å². The monoisotopic (exact) mass is 356 g/mol. The van der Waals surface area contributed by atoms with E-state index in [1.807, 2.05) is 35.2 Å². The molecule has 1 amide bonds. The number of fused-ring (bicyclic) bond motifs is 1. The predicted molar refractivity (Wildman–Crippen MR) is 94.8 cm³/mol. The summed E-state index contributed by atoms with van der Waals surface area (Å²) in [6.07, 6.45) is -0.147. The van der Waals surface area contributed by atoms with E-state index in [2.05, 4.69) is 4.98 Å². The lowest BCUT2D eigenvalue weighted by atomic mass is 10.1. The first-order valence-electron chi connectivity index (χ1n) is 8.14. The number of rotatable bonds is 2. The molecular formula is C19H17ClN2O3. The number of aromatic nitrogens is 1. The van der Waals surface area contributed by atoms with Gasteiger partial charge in [-0.25, -0.2) is 4.98 Å². The lowest BCUT2D eigenvalue weighted by Gasteiger charge is -2.33. The van der Waals surface area contributed by atoms with Crippen molar-refractivity contribution in [2.45, 2.75) is 13.0 Å². The van der Waals surface area contributed by atoms with Gasteiger partial charge in [-0.2, -0.15) is 0 Å². The molecule has 1 aliphatic rings. The number of ether oxygens (including phenoxy) is 1. The van der Waals surface area contributed by atoms with Crippen LogP contribution < -0.4 is 0 Å². The first kappa shape index (κ1) is 16.1. The third kappa shape index (κ3) is 3.25. The minimum Gasteiger partial charge on any atom is -0.441 e. The standard InChI is InChI=1S/C19H17ClN2O3/c1-12-21-16-7-4-14(10-17(16)25-12)19(23)22-8-9-24-18(11-22)13-2-5-15(20)6-3-13/h2-7,10,18H,8-9,11H2,1H3. The molecule has 4 rings (SSSR count). The van der Waals surface area contributed by atoms with Crippen LogP contribution in [0.1, 0.15) is 27.9 Å². The number of carbonyl (C=O) groups is 1. The van der Waals surface area contributed by atoms with Crippen LogP contribution >= 0.6 is 11.6 Å². The van der Waals surface area contributed by atoms with Crippen LogP contribution in [-0.4, -0.2) is 35.5 Å². The third-order valence-corrected chi connectivity index (χ3v) is 4.59. The predicted octanol–water partition coefficient (Wildman–Crippen LogP) is 4.00. The zero-order chi connectivity index (χ0) is 17.4. The van der Waals surface area contributed by atoms with E-state index in [-0.39, 0.29) is 12.0 Å². The van der Waals surface area contributed by atoms with Gasteiger partial charge in [0.2, 0.25) is 0 Å². The smallest absolute Gasteiger partial charge is 0.254 e. The number of hydrogen-bond acceptors (Lipinski definition) is 4. The quantitative estimate of drug-likeness (QED) is 0.696. The number of hydrogen-bond donors (Lipinski definition) is 0. The number of halogens is 1. The summed E-state index contributed by atoms with van der Waals surface area (Å²) in [5.41, 5.74) is 3.00. The Bertz CT molecular complexity index is 920. The Balaban J connectivity index is 1.55. The molecule has 0 radical (unpaired) electrons. The molecule has 25 heavy (non-hydrogen) atoms. The Labute approximate surface area is 150 Å². The molecular weight excluding hydrogens is 340 g/mol. The summed E-state index contributed by atoms with van der Waals surface area (Å²) in [5.74, 6) is 0.562. The van der Waals surface area contributed by atoms with Gasteiger partial charge in [0, 0.05) is 24.1 Å². The highest BCUT2D eigenvalue weighted by Crippen LogP contribution is 2.25. The number of benzene rings is 2. The van der Waals surface area contributed by atoms with Crippen molar-refractivity contribution in [3.8, 4) is 0 Å². The Kier molecular flexibility index (Phi) is 4.19. The Morgan fingerprint density at radius 3 is 2.84 bits per heavy atom. The van der Waals surface area contributed by atoms with Gasteiger partial charge in [0.05, 0.1) is 13.2 Å². The number of carbonyl (C=O) groups excluding carboxylic acids is 1. The lowest BCUT2D eigenvalue weighted by molar-refractivity contribution is -0.0228. The second-order valence-electron chi connectivity index (χ2n) is 6.08. The van der Waals surface area contributed by atoms with E-state index in [1.165, 1.54) is 0 Å². The highest BCUT2D eigenvalue weighted by Gasteiger charge is 2.26. The van der Waals surface area contributed by atoms with Crippen molar-refractivity contribution in [2.24, 2.45) is 0 Å². The summed E-state index contributed by atoms with van der Waals surface area (Å²) in [6, 6.07) is 12.9. The summed E-state index contributed by atoms with van der Waals surface area (Å²) in [6.45, 7) is 3.37. The normalized spacial score (nSPS) is 17.8. The SMILES string of the molecule is Cc1nc2ccc(C(=O)N3CCOC(c4ccc(Cl)cc4)C3)cc2o1. The van der Waals surface area contributed by atoms with Crippen molar-refractivity contribution in [1.82, 2.24) is 9.88 Å². The van der Waals surface area contributed by atoms with Gasteiger partial charge in [0.15, 0.2) is 11.5 Å². The van der Waals surface area contributed by atoms with Gasteiger partial charge in [-0.05, 0) is 35.9 Å². The average molecular weight is 357 g/mol. The van der Waals surface area contributed by atoms with Crippen molar-refractivity contribution in [1.29, 1.82) is 0 Å². The van der Waals surface area contributed by atoms with Crippen LogP contribution in [0, 0.1) is 6.92 Å². The second kappa shape index (κ2) is 6.50. The van der Waals surface area contributed by atoms with E-state index < -0.39 is 0 Å². The van der Waals surface area contributed by atoms with Crippen LogP contribution in [-0.2, 0) is 4.74 Å². The Morgan fingerprint density at radius 1 is 1.24 bits per heavy atom. The van der Waals surface area contributed by atoms with Gasteiger partial charge < -0.3 is 14.1 Å². The fraction of sp³-hybridized carbons (Fsp3) is 0.263. The largest absolute Gasteiger partial charge is 0.441 e. The van der Waals surface area contributed by atoms with E-state index in [4.69, 9.17) is 20.8 Å². The van der Waals surface area contributed by atoms with Crippen molar-refractivity contribution in [3.05, 3.63) is 64.5 Å². The summed E-state index contributed by atoms with van der Waals surface area (Å²) < 4.78 is 11.4. The fourth-order valence-corrected chi connectivity index (χ4v) is 3.19. The first-order valence-corrected chi connectivity index (χ1v) is 8.51. The van der Waals surface area contributed by atoms with E-state index in [0.717, 1.165) is 11.1 Å². The van der Waals surface area contributed by atoms with Crippen LogP contribution in [0.5, 0.6) is 0 Å². The van der Waals surface area contributed by atoms with Gasteiger partial charge in [-0.1, -0.05) is 23.7 Å². The molecule has 1 atom stereocenters. The number of nitrogens with zero attached hydrogens (tertiary/aromatic N) is 2. The van der Waals surface area contributed by atoms with E-state index in [0.29, 0.717) is 41.8 Å². The zero-order valence-corrected chi connectivity index (χ0v) is 14.5. The first-order chi connectivity index (χ1) is 12.1. The average Bonchev–Trinajstić information content (AvgIpc) is 3.01. The van der Waals surface area contributed by atoms with Gasteiger partial charge in [-0.15, -0.1) is 0 Å². The maximum Gasteiger partial charge on any atom is 0.254 e. The van der Waals surface area contributed by atoms with E-state index >= 15 is 0 Å². The van der Waals surface area contributed by atoms with Crippen LogP contribution in [0.4, 0.5) is 0 Å². The molecule has 0 saturated carbocycles. The molecule has 1 aliphatic heterocycles.